The predicted octanol–water partition coefficient (Wildman–Crippen LogP) is 2.63. The molecular formula is C23H28N4O4. The minimum absolute atomic E-state index is 0.105. The third kappa shape index (κ3) is 7.93. The Balaban J connectivity index is 1.89. The molecule has 0 aliphatic carbocycles. The van der Waals surface area contributed by atoms with Crippen LogP contribution in [0.5, 0.6) is 5.75 Å². The van der Waals surface area contributed by atoms with E-state index in [2.05, 4.69) is 28.1 Å². The van der Waals surface area contributed by atoms with Gasteiger partial charge in [0.05, 0.1) is 6.21 Å². The number of hydrogen-bond donors (Lipinski definition) is 3. The smallest absolute Gasteiger partial charge is 0.329 e. The Morgan fingerprint density at radius 3 is 2.42 bits per heavy atom. The lowest BCUT2D eigenvalue weighted by atomic mass is 10.1. The molecule has 8 nitrogen and oxygen atoms in total. The predicted molar refractivity (Wildman–Crippen MR) is 120 cm³/mol. The minimum atomic E-state index is -0.858. The number of amides is 3. The Morgan fingerprint density at radius 2 is 1.74 bits per heavy atom. The van der Waals surface area contributed by atoms with Crippen LogP contribution < -0.4 is 20.8 Å². The Labute approximate surface area is 182 Å². The van der Waals surface area contributed by atoms with Crippen LogP contribution in [-0.2, 0) is 20.8 Å². The second-order valence-corrected chi connectivity index (χ2v) is 6.91. The third-order valence-electron chi connectivity index (χ3n) is 4.49. The molecule has 0 heterocycles. The molecule has 31 heavy (non-hydrogen) atoms. The number of nitrogens with one attached hydrogen (secondary N) is 3. The lowest BCUT2D eigenvalue weighted by Crippen LogP contribution is -2.41. The molecule has 0 saturated carbocycles. The van der Waals surface area contributed by atoms with Gasteiger partial charge in [-0.25, -0.2) is 5.43 Å². The van der Waals surface area contributed by atoms with E-state index in [-0.39, 0.29) is 18.6 Å². The van der Waals surface area contributed by atoms with E-state index in [1.165, 1.54) is 11.8 Å². The number of ether oxygens (including phenoxy) is 1. The second kappa shape index (κ2) is 12.1. The fourth-order valence-electron chi connectivity index (χ4n) is 2.49. The van der Waals surface area contributed by atoms with Gasteiger partial charge in [0.15, 0.2) is 6.61 Å². The highest BCUT2D eigenvalue weighted by Crippen LogP contribution is 2.16. The van der Waals surface area contributed by atoms with E-state index in [0.717, 1.165) is 6.42 Å². The SMILES string of the molecule is CCc1ccc(NC(=O)COc2ccccc2/C=N\NC(=O)C(=O)N[C@@H](C)CC)cc1. The average Bonchev–Trinajstić information content (AvgIpc) is 2.78. The molecule has 2 aromatic carbocycles. The molecule has 0 aliphatic heterocycles. The van der Waals surface area contributed by atoms with Crippen molar-refractivity contribution in [3.63, 3.8) is 0 Å². The maximum Gasteiger partial charge on any atom is 0.329 e. The second-order valence-electron chi connectivity index (χ2n) is 6.91. The summed E-state index contributed by atoms with van der Waals surface area (Å²) < 4.78 is 5.59. The Kier molecular flexibility index (Phi) is 9.22. The van der Waals surface area contributed by atoms with Gasteiger partial charge in [-0.1, -0.05) is 38.1 Å². The van der Waals surface area contributed by atoms with Crippen LogP contribution in [0.1, 0.15) is 38.3 Å². The van der Waals surface area contributed by atoms with Crippen molar-refractivity contribution < 1.29 is 19.1 Å². The normalized spacial score (nSPS) is 11.6. The van der Waals surface area contributed by atoms with Crippen LogP contribution in [0.3, 0.4) is 0 Å². The van der Waals surface area contributed by atoms with Gasteiger partial charge in [-0.3, -0.25) is 14.4 Å². The van der Waals surface area contributed by atoms with Crippen LogP contribution in [-0.4, -0.2) is 36.6 Å². The fourth-order valence-corrected chi connectivity index (χ4v) is 2.49. The van der Waals surface area contributed by atoms with Gasteiger partial charge in [-0.15, -0.1) is 0 Å². The summed E-state index contributed by atoms with van der Waals surface area (Å²) in [6, 6.07) is 14.4. The molecule has 0 bridgehead atoms. The van der Waals surface area contributed by atoms with Crippen molar-refractivity contribution in [1.29, 1.82) is 0 Å². The van der Waals surface area contributed by atoms with Crippen LogP contribution in [0, 0.1) is 0 Å². The molecule has 0 saturated heterocycles. The Bertz CT molecular complexity index is 925. The number of hydrazone groups is 1. The van der Waals surface area contributed by atoms with Crippen molar-refractivity contribution in [2.45, 2.75) is 39.7 Å². The fraction of sp³-hybridized carbons (Fsp3) is 0.304. The first-order valence-corrected chi connectivity index (χ1v) is 10.2. The van der Waals surface area contributed by atoms with Crippen molar-refractivity contribution >= 4 is 29.6 Å². The molecule has 1 atom stereocenters. The van der Waals surface area contributed by atoms with E-state index in [1.807, 2.05) is 31.2 Å². The molecule has 0 spiro atoms. The number of aryl methyl sites for hydroxylation is 1. The van der Waals surface area contributed by atoms with Crippen LogP contribution >= 0.6 is 0 Å². The van der Waals surface area contributed by atoms with Gasteiger partial charge in [0.1, 0.15) is 5.75 Å². The van der Waals surface area contributed by atoms with E-state index in [4.69, 9.17) is 4.74 Å². The maximum absolute atomic E-state index is 12.2. The monoisotopic (exact) mass is 424 g/mol. The minimum Gasteiger partial charge on any atom is -0.483 e. The molecule has 0 radical (unpaired) electrons. The van der Waals surface area contributed by atoms with Gasteiger partial charge < -0.3 is 15.4 Å². The molecule has 0 aromatic heterocycles. The highest BCUT2D eigenvalue weighted by atomic mass is 16.5. The summed E-state index contributed by atoms with van der Waals surface area (Å²) in [5, 5.41) is 9.13. The van der Waals surface area contributed by atoms with Crippen LogP contribution in [0.2, 0.25) is 0 Å². The zero-order valence-corrected chi connectivity index (χ0v) is 18.0. The summed E-state index contributed by atoms with van der Waals surface area (Å²) in [7, 11) is 0. The number of carbonyl (C=O) groups is 3. The van der Waals surface area contributed by atoms with E-state index in [9.17, 15) is 14.4 Å². The van der Waals surface area contributed by atoms with Crippen LogP contribution in [0.25, 0.3) is 0 Å². The van der Waals surface area contributed by atoms with E-state index in [0.29, 0.717) is 23.4 Å². The number of carbonyl (C=O) groups excluding carboxylic acids is 3. The van der Waals surface area contributed by atoms with Gasteiger partial charge in [0.25, 0.3) is 5.91 Å². The summed E-state index contributed by atoms with van der Waals surface area (Å²) in [5.74, 6) is -1.49. The van der Waals surface area contributed by atoms with Crippen LogP contribution in [0.4, 0.5) is 5.69 Å². The number of anilines is 1. The van der Waals surface area contributed by atoms with Crippen molar-refractivity contribution in [2.24, 2.45) is 5.10 Å². The first-order valence-electron chi connectivity index (χ1n) is 10.2. The quantitative estimate of drug-likeness (QED) is 0.327. The lowest BCUT2D eigenvalue weighted by molar-refractivity contribution is -0.139. The summed E-state index contributed by atoms with van der Waals surface area (Å²) in [4.78, 5) is 35.7. The molecule has 3 amide bonds. The summed E-state index contributed by atoms with van der Waals surface area (Å²) in [6.45, 7) is 5.58. The molecule has 8 heteroatoms. The number of para-hydroxylation sites is 1. The van der Waals surface area contributed by atoms with Gasteiger partial charge in [-0.05, 0) is 49.6 Å². The molecule has 0 fully saturated rings. The highest BCUT2D eigenvalue weighted by Gasteiger charge is 2.14. The highest BCUT2D eigenvalue weighted by molar-refractivity contribution is 6.35. The van der Waals surface area contributed by atoms with E-state index < -0.39 is 11.8 Å². The van der Waals surface area contributed by atoms with Gasteiger partial charge in [0, 0.05) is 17.3 Å². The zero-order chi connectivity index (χ0) is 22.6. The number of hydrogen-bond acceptors (Lipinski definition) is 5. The number of benzene rings is 2. The van der Waals surface area contributed by atoms with Crippen molar-refractivity contribution in [2.75, 3.05) is 11.9 Å². The zero-order valence-electron chi connectivity index (χ0n) is 18.0. The summed E-state index contributed by atoms with van der Waals surface area (Å²) >= 11 is 0. The standard InChI is InChI=1S/C23H28N4O4/c1-4-16(3)25-22(29)23(30)27-24-14-18-8-6-7-9-20(18)31-15-21(28)26-19-12-10-17(5-2)11-13-19/h6-14,16H,4-5,15H2,1-3H3,(H,25,29)(H,26,28)(H,27,30)/b24-14-/t16-/m0/s1. The van der Waals surface area contributed by atoms with Crippen molar-refractivity contribution in [3.05, 3.63) is 59.7 Å². The van der Waals surface area contributed by atoms with Gasteiger partial charge in [0.2, 0.25) is 0 Å². The summed E-state index contributed by atoms with van der Waals surface area (Å²) in [6.07, 6.45) is 2.99. The molecule has 0 unspecified atom stereocenters. The Hall–Kier alpha value is -3.68. The summed E-state index contributed by atoms with van der Waals surface area (Å²) in [5.41, 5.74) is 4.61. The third-order valence-corrected chi connectivity index (χ3v) is 4.49. The first kappa shape index (κ1) is 23.6. The average molecular weight is 425 g/mol. The number of rotatable bonds is 9. The molecular weight excluding hydrogens is 396 g/mol. The molecule has 3 N–H and O–H groups in total. The maximum atomic E-state index is 12.2. The lowest BCUT2D eigenvalue weighted by Gasteiger charge is -2.10. The largest absolute Gasteiger partial charge is 0.483 e. The van der Waals surface area contributed by atoms with Gasteiger partial charge >= 0.3 is 11.8 Å². The van der Waals surface area contributed by atoms with Crippen molar-refractivity contribution in [1.82, 2.24) is 10.7 Å². The van der Waals surface area contributed by atoms with E-state index >= 15 is 0 Å². The van der Waals surface area contributed by atoms with E-state index in [1.54, 1.807) is 31.2 Å². The number of nitrogens with zero attached hydrogens (tertiary/aromatic N) is 1. The van der Waals surface area contributed by atoms with Crippen molar-refractivity contribution in [3.8, 4) is 5.75 Å². The molecule has 2 rings (SSSR count). The van der Waals surface area contributed by atoms with Gasteiger partial charge in [-0.2, -0.15) is 5.10 Å². The molecule has 2 aromatic rings. The Morgan fingerprint density at radius 1 is 1.03 bits per heavy atom. The molecule has 164 valence electrons. The van der Waals surface area contributed by atoms with Crippen LogP contribution in [0.15, 0.2) is 53.6 Å². The molecule has 0 aliphatic rings. The first-order chi connectivity index (χ1) is 14.9. The topological polar surface area (TPSA) is 109 Å².